The molecule has 10 rings (SSSR count). The van der Waals surface area contributed by atoms with Gasteiger partial charge in [0.15, 0.2) is 15.2 Å². The van der Waals surface area contributed by atoms with Crippen molar-refractivity contribution in [2.24, 2.45) is 0 Å². The van der Waals surface area contributed by atoms with E-state index in [0.717, 1.165) is 21.3 Å². The molecule has 0 aliphatic carbocycles. The highest BCUT2D eigenvalue weighted by Crippen LogP contribution is 2.45. The van der Waals surface area contributed by atoms with Crippen LogP contribution < -0.4 is 36.7 Å². The fourth-order valence-electron chi connectivity index (χ4n) is 8.80. The summed E-state index contributed by atoms with van der Waals surface area (Å²) in [7, 11) is -5.84. The van der Waals surface area contributed by atoms with Gasteiger partial charge in [-0.05, 0) is 76.3 Å². The van der Waals surface area contributed by atoms with E-state index >= 15 is 4.57 Å². The fourth-order valence-corrected chi connectivity index (χ4v) is 16.7. The Bertz CT molecular complexity index is 2730. The zero-order chi connectivity index (χ0) is 34.0. The van der Waals surface area contributed by atoms with E-state index in [9.17, 15) is 0 Å². The van der Waals surface area contributed by atoms with Gasteiger partial charge in [0.2, 0.25) is 0 Å². The molecular formula is C48H33OPSi. The van der Waals surface area contributed by atoms with E-state index in [4.69, 9.17) is 0 Å². The summed E-state index contributed by atoms with van der Waals surface area (Å²) in [6.45, 7) is 0. The van der Waals surface area contributed by atoms with E-state index in [1.807, 2.05) is 60.7 Å². The van der Waals surface area contributed by atoms with Crippen molar-refractivity contribution < 1.29 is 4.57 Å². The molecule has 1 aliphatic rings. The molecule has 1 aliphatic heterocycles. The van der Waals surface area contributed by atoms with Gasteiger partial charge in [-0.15, -0.1) is 0 Å². The van der Waals surface area contributed by atoms with Crippen LogP contribution in [0.25, 0.3) is 43.4 Å². The maximum Gasteiger partial charge on any atom is 0.180 e. The Kier molecular flexibility index (Phi) is 6.86. The lowest BCUT2D eigenvalue weighted by molar-refractivity contribution is 0.592. The fraction of sp³-hybridized carbons (Fsp3) is 0. The summed E-state index contributed by atoms with van der Waals surface area (Å²) in [6.07, 6.45) is 0. The van der Waals surface area contributed by atoms with Crippen LogP contribution >= 0.6 is 7.14 Å². The molecule has 0 spiro atoms. The zero-order valence-electron chi connectivity index (χ0n) is 27.9. The SMILES string of the molecule is O=P(c1ccccc1)(c1ccccc1)c1ccc2c(c1)c1ccccc1c1cc3c(cc21)[Si](c1ccccc1)(c1ccccc1)c1ccccc1-3. The smallest absolute Gasteiger partial charge is 0.180 e. The molecule has 0 saturated carbocycles. The van der Waals surface area contributed by atoms with Gasteiger partial charge in [-0.1, -0.05) is 188 Å². The third-order valence-electron chi connectivity index (χ3n) is 11.0. The van der Waals surface area contributed by atoms with Gasteiger partial charge >= 0.3 is 0 Å². The molecule has 0 saturated heterocycles. The predicted octanol–water partition coefficient (Wildman–Crippen LogP) is 8.14. The minimum atomic E-state index is -3.17. The van der Waals surface area contributed by atoms with E-state index < -0.39 is 15.2 Å². The third kappa shape index (κ3) is 4.31. The largest absolute Gasteiger partial charge is 0.309 e. The monoisotopic (exact) mass is 684 g/mol. The summed E-state index contributed by atoms with van der Waals surface area (Å²) in [5.74, 6) is 0. The first kappa shape index (κ1) is 30.1. The highest BCUT2D eigenvalue weighted by Gasteiger charge is 2.48. The first-order chi connectivity index (χ1) is 25.2. The minimum Gasteiger partial charge on any atom is -0.309 e. The van der Waals surface area contributed by atoms with Crippen LogP contribution in [0.1, 0.15) is 0 Å². The normalized spacial score (nSPS) is 13.3. The number of rotatable bonds is 5. The number of hydrogen-bond donors (Lipinski definition) is 0. The molecule has 9 aromatic carbocycles. The van der Waals surface area contributed by atoms with Crippen LogP contribution in [0.15, 0.2) is 200 Å². The molecule has 9 aromatic rings. The van der Waals surface area contributed by atoms with Crippen LogP contribution in [0, 0.1) is 0 Å². The van der Waals surface area contributed by atoms with Gasteiger partial charge in [0.25, 0.3) is 0 Å². The Morgan fingerprint density at radius 3 is 1.35 bits per heavy atom. The summed E-state index contributed by atoms with van der Waals surface area (Å²) in [4.78, 5) is 0. The summed E-state index contributed by atoms with van der Waals surface area (Å²) >= 11 is 0. The molecule has 0 atom stereocenters. The number of fused-ring (bicyclic) bond motifs is 9. The van der Waals surface area contributed by atoms with E-state index in [2.05, 4.69) is 140 Å². The molecule has 0 radical (unpaired) electrons. The molecule has 0 N–H and O–H groups in total. The Morgan fingerprint density at radius 1 is 0.314 bits per heavy atom. The predicted molar refractivity (Wildman–Crippen MR) is 221 cm³/mol. The molecule has 0 unspecified atom stereocenters. The maximum absolute atomic E-state index is 15.5. The molecular weight excluding hydrogens is 652 g/mol. The topological polar surface area (TPSA) is 17.1 Å². The van der Waals surface area contributed by atoms with Crippen LogP contribution in [0.4, 0.5) is 0 Å². The average molecular weight is 685 g/mol. The highest BCUT2D eigenvalue weighted by atomic mass is 31.2. The van der Waals surface area contributed by atoms with Gasteiger partial charge in [-0.2, -0.15) is 0 Å². The van der Waals surface area contributed by atoms with Gasteiger partial charge in [0, 0.05) is 15.9 Å². The van der Waals surface area contributed by atoms with Crippen LogP contribution in [0.3, 0.4) is 0 Å². The summed E-state index contributed by atoms with van der Waals surface area (Å²) in [6, 6.07) is 71.8. The highest BCUT2D eigenvalue weighted by molar-refractivity contribution is 7.85. The van der Waals surface area contributed by atoms with Crippen molar-refractivity contribution in [1.82, 2.24) is 0 Å². The first-order valence-corrected chi connectivity index (χ1v) is 21.3. The van der Waals surface area contributed by atoms with Crippen LogP contribution in [-0.2, 0) is 4.57 Å². The van der Waals surface area contributed by atoms with Crippen molar-refractivity contribution in [2.75, 3.05) is 0 Å². The lowest BCUT2D eigenvalue weighted by Gasteiger charge is -2.31. The second-order valence-corrected chi connectivity index (χ2v) is 20.0. The quantitative estimate of drug-likeness (QED) is 0.102. The van der Waals surface area contributed by atoms with E-state index in [1.165, 1.54) is 58.8 Å². The third-order valence-corrected chi connectivity index (χ3v) is 18.9. The van der Waals surface area contributed by atoms with E-state index in [-0.39, 0.29) is 0 Å². The number of benzene rings is 9. The van der Waals surface area contributed by atoms with E-state index in [1.54, 1.807) is 0 Å². The molecule has 3 heteroatoms. The van der Waals surface area contributed by atoms with Crippen LogP contribution in [0.5, 0.6) is 0 Å². The average Bonchev–Trinajstić information content (AvgIpc) is 3.51. The summed E-state index contributed by atoms with van der Waals surface area (Å²) < 4.78 is 15.5. The lowest BCUT2D eigenvalue weighted by atomic mass is 9.92. The molecule has 0 bridgehead atoms. The van der Waals surface area contributed by atoms with Crippen molar-refractivity contribution in [2.45, 2.75) is 0 Å². The van der Waals surface area contributed by atoms with Crippen molar-refractivity contribution in [1.29, 1.82) is 0 Å². The Morgan fingerprint density at radius 2 is 0.765 bits per heavy atom. The molecule has 1 nitrogen and oxygen atoms in total. The second-order valence-electron chi connectivity index (χ2n) is 13.5. The number of hydrogen-bond acceptors (Lipinski definition) is 1. The van der Waals surface area contributed by atoms with Gasteiger partial charge < -0.3 is 4.57 Å². The summed E-state index contributed by atoms with van der Waals surface area (Å²) in [5.41, 5.74) is 2.66. The molecule has 0 amide bonds. The van der Waals surface area contributed by atoms with Crippen LogP contribution in [-0.4, -0.2) is 8.07 Å². The van der Waals surface area contributed by atoms with Gasteiger partial charge in [-0.3, -0.25) is 0 Å². The van der Waals surface area contributed by atoms with Gasteiger partial charge in [-0.25, -0.2) is 0 Å². The standard InChI is InChI=1S/C48H33OPSi/c49-50(34-17-5-1-6-18-34,35-19-7-2-8-20-35)36-29-30-41-43(31-36)39-25-13-14-26-40(39)44-32-46-42-27-15-16-28-47(42)51(48(46)33-45(41)44,37-21-9-3-10-22-37)38-23-11-4-12-24-38/h1-33H. The van der Waals surface area contributed by atoms with Crippen molar-refractivity contribution >= 4 is 84.2 Å². The molecule has 1 heterocycles. The first-order valence-electron chi connectivity index (χ1n) is 17.5. The molecule has 240 valence electrons. The Hall–Kier alpha value is -5.79. The molecule has 0 aromatic heterocycles. The summed E-state index contributed by atoms with van der Waals surface area (Å²) in [5, 5.41) is 15.4. The lowest BCUT2D eigenvalue weighted by Crippen LogP contribution is -2.72. The minimum absolute atomic E-state index is 0.845. The van der Waals surface area contributed by atoms with E-state index in [0.29, 0.717) is 0 Å². The molecule has 51 heavy (non-hydrogen) atoms. The van der Waals surface area contributed by atoms with Crippen molar-refractivity contribution in [3.8, 4) is 11.1 Å². The van der Waals surface area contributed by atoms with Gasteiger partial charge in [0.05, 0.1) is 0 Å². The molecule has 0 fully saturated rings. The Balaban J connectivity index is 1.33. The van der Waals surface area contributed by atoms with Gasteiger partial charge in [0.1, 0.15) is 0 Å². The maximum atomic E-state index is 15.5. The zero-order valence-corrected chi connectivity index (χ0v) is 29.8. The van der Waals surface area contributed by atoms with Crippen molar-refractivity contribution in [3.63, 3.8) is 0 Å². The Labute approximate surface area is 298 Å². The second kappa shape index (κ2) is 11.6. The van der Waals surface area contributed by atoms with Crippen LogP contribution in [0.2, 0.25) is 0 Å². The van der Waals surface area contributed by atoms with Crippen molar-refractivity contribution in [3.05, 3.63) is 200 Å².